The van der Waals surface area contributed by atoms with Gasteiger partial charge in [-0.05, 0) is 43.2 Å². The quantitative estimate of drug-likeness (QED) is 0.458. The summed E-state index contributed by atoms with van der Waals surface area (Å²) >= 11 is 0. The number of halogens is 3. The molecule has 1 aromatic carbocycles. The molecule has 0 saturated carbocycles. The zero-order valence-electron chi connectivity index (χ0n) is 17.2. The van der Waals surface area contributed by atoms with Crippen LogP contribution in [-0.2, 0) is 6.54 Å². The number of aliphatic imine (C=N–C) groups is 1. The minimum absolute atomic E-state index is 0.0839. The van der Waals surface area contributed by atoms with E-state index in [1.54, 1.807) is 24.3 Å². The Morgan fingerprint density at radius 1 is 1.26 bits per heavy atom. The van der Waals surface area contributed by atoms with Crippen molar-refractivity contribution in [2.45, 2.75) is 32.1 Å². The molecule has 1 unspecified atom stereocenters. The van der Waals surface area contributed by atoms with Gasteiger partial charge in [-0.2, -0.15) is 13.2 Å². The Balaban J connectivity index is 1.52. The molecule has 1 amide bonds. The molecule has 1 saturated heterocycles. The summed E-state index contributed by atoms with van der Waals surface area (Å²) < 4.78 is 42.8. The molecule has 7 nitrogen and oxygen atoms in total. The Hall–Kier alpha value is -3.01. The summed E-state index contributed by atoms with van der Waals surface area (Å²) in [5, 5.41) is 9.09. The van der Waals surface area contributed by atoms with Crippen LogP contribution in [0.1, 0.15) is 29.5 Å². The summed E-state index contributed by atoms with van der Waals surface area (Å²) in [6.07, 6.45) is -2.12. The number of carbonyl (C=O) groups is 1. The van der Waals surface area contributed by atoms with Crippen molar-refractivity contribution in [1.82, 2.24) is 15.5 Å². The summed E-state index contributed by atoms with van der Waals surface area (Å²) in [6, 6.07) is 10.4. The van der Waals surface area contributed by atoms with Crippen LogP contribution in [0, 0.1) is 0 Å². The Morgan fingerprint density at radius 2 is 2.03 bits per heavy atom. The predicted octanol–water partition coefficient (Wildman–Crippen LogP) is 3.22. The number of benzene rings is 1. The Morgan fingerprint density at radius 3 is 2.68 bits per heavy atom. The van der Waals surface area contributed by atoms with E-state index in [9.17, 15) is 18.0 Å². The summed E-state index contributed by atoms with van der Waals surface area (Å²) in [6.45, 7) is 2.80. The average molecular weight is 437 g/mol. The highest BCUT2D eigenvalue weighted by molar-refractivity contribution is 6.02. The number of nitrogens with one attached hydrogen (secondary N) is 3. The fourth-order valence-corrected chi connectivity index (χ4v) is 3.33. The maximum Gasteiger partial charge on any atom is 0.401 e. The van der Waals surface area contributed by atoms with Crippen molar-refractivity contribution in [3.8, 4) is 0 Å². The third-order valence-corrected chi connectivity index (χ3v) is 4.74. The van der Waals surface area contributed by atoms with E-state index in [2.05, 4.69) is 20.9 Å². The van der Waals surface area contributed by atoms with E-state index < -0.39 is 12.7 Å². The Bertz CT molecular complexity index is 866. The first-order valence-corrected chi connectivity index (χ1v) is 10.1. The second kappa shape index (κ2) is 10.3. The number of guanidine groups is 1. The summed E-state index contributed by atoms with van der Waals surface area (Å²) in [5.74, 6) is 0.470. The Kier molecular flexibility index (Phi) is 7.56. The van der Waals surface area contributed by atoms with Gasteiger partial charge >= 0.3 is 6.18 Å². The molecule has 0 bridgehead atoms. The van der Waals surface area contributed by atoms with Crippen molar-refractivity contribution in [3.05, 3.63) is 54.0 Å². The molecule has 1 aliphatic heterocycles. The van der Waals surface area contributed by atoms with E-state index in [-0.39, 0.29) is 17.7 Å². The van der Waals surface area contributed by atoms with Crippen LogP contribution in [0.25, 0.3) is 0 Å². The van der Waals surface area contributed by atoms with Crippen molar-refractivity contribution in [3.63, 3.8) is 0 Å². The van der Waals surface area contributed by atoms with Gasteiger partial charge in [0.05, 0.1) is 19.4 Å². The predicted molar refractivity (Wildman–Crippen MR) is 112 cm³/mol. The van der Waals surface area contributed by atoms with Crippen molar-refractivity contribution < 1.29 is 22.4 Å². The normalized spacial score (nSPS) is 17.5. The number of hydrogen-bond acceptors (Lipinski definition) is 4. The smallest absolute Gasteiger partial charge is 0.401 e. The van der Waals surface area contributed by atoms with Gasteiger partial charge in [0.25, 0.3) is 5.91 Å². The summed E-state index contributed by atoms with van der Waals surface area (Å²) in [5.41, 5.74) is 1.56. The third kappa shape index (κ3) is 7.32. The van der Waals surface area contributed by atoms with E-state index in [4.69, 9.17) is 4.42 Å². The Labute approximate surface area is 178 Å². The second-order valence-corrected chi connectivity index (χ2v) is 7.30. The molecule has 0 spiro atoms. The molecule has 168 valence electrons. The number of amides is 1. The van der Waals surface area contributed by atoms with Crippen molar-refractivity contribution in [2.75, 3.05) is 31.5 Å². The first kappa shape index (κ1) is 22.7. The highest BCUT2D eigenvalue weighted by atomic mass is 19.4. The standard InChI is InChI=1S/C21H26F3N5O2/c1-2-25-20(28-17-9-10-29(13-17)14-21(22,23)24)26-12-15-5-7-16(8-6-15)27-19(30)18-4-3-11-31-18/h3-8,11,17H,2,9-10,12-14H2,1H3,(H,27,30)(H2,25,26,28). The summed E-state index contributed by atoms with van der Waals surface area (Å²) in [4.78, 5) is 17.9. The van der Waals surface area contributed by atoms with Crippen molar-refractivity contribution in [2.24, 2.45) is 4.99 Å². The molecule has 31 heavy (non-hydrogen) atoms. The van der Waals surface area contributed by atoms with Gasteiger partial charge in [0, 0.05) is 31.4 Å². The minimum atomic E-state index is -4.18. The van der Waals surface area contributed by atoms with Crippen LogP contribution >= 0.6 is 0 Å². The van der Waals surface area contributed by atoms with E-state index >= 15 is 0 Å². The number of furan rings is 1. The van der Waals surface area contributed by atoms with Gasteiger partial charge in [-0.15, -0.1) is 0 Å². The van der Waals surface area contributed by atoms with Gasteiger partial charge in [-0.1, -0.05) is 12.1 Å². The lowest BCUT2D eigenvalue weighted by molar-refractivity contribution is -0.143. The molecule has 1 fully saturated rings. The van der Waals surface area contributed by atoms with Crippen LogP contribution < -0.4 is 16.0 Å². The average Bonchev–Trinajstić information content (AvgIpc) is 3.38. The molecule has 0 radical (unpaired) electrons. The number of likely N-dealkylation sites (tertiary alicyclic amines) is 1. The molecule has 1 aromatic heterocycles. The number of rotatable bonds is 7. The molecular formula is C21H26F3N5O2. The topological polar surface area (TPSA) is 81.9 Å². The van der Waals surface area contributed by atoms with Crippen LogP contribution in [0.5, 0.6) is 0 Å². The lowest BCUT2D eigenvalue weighted by Crippen LogP contribution is -2.45. The van der Waals surface area contributed by atoms with Crippen LogP contribution in [0.4, 0.5) is 18.9 Å². The van der Waals surface area contributed by atoms with Crippen LogP contribution in [0.15, 0.2) is 52.1 Å². The number of alkyl halides is 3. The van der Waals surface area contributed by atoms with Crippen LogP contribution in [0.3, 0.4) is 0 Å². The molecule has 2 heterocycles. The van der Waals surface area contributed by atoms with Gasteiger partial charge in [0.2, 0.25) is 0 Å². The second-order valence-electron chi connectivity index (χ2n) is 7.30. The third-order valence-electron chi connectivity index (χ3n) is 4.74. The van der Waals surface area contributed by atoms with Gasteiger partial charge < -0.3 is 20.4 Å². The van der Waals surface area contributed by atoms with Gasteiger partial charge in [0.15, 0.2) is 11.7 Å². The summed E-state index contributed by atoms with van der Waals surface area (Å²) in [7, 11) is 0. The molecule has 1 aliphatic rings. The number of anilines is 1. The number of carbonyl (C=O) groups excluding carboxylic acids is 1. The van der Waals surface area contributed by atoms with Crippen LogP contribution in [-0.4, -0.2) is 55.2 Å². The van der Waals surface area contributed by atoms with Crippen molar-refractivity contribution >= 4 is 17.6 Å². The largest absolute Gasteiger partial charge is 0.459 e. The molecule has 3 N–H and O–H groups in total. The zero-order chi connectivity index (χ0) is 22.3. The maximum absolute atomic E-state index is 12.6. The van der Waals surface area contributed by atoms with E-state index in [0.29, 0.717) is 44.2 Å². The lowest BCUT2D eigenvalue weighted by atomic mass is 10.2. The first-order chi connectivity index (χ1) is 14.8. The fraction of sp³-hybridized carbons (Fsp3) is 0.429. The lowest BCUT2D eigenvalue weighted by Gasteiger charge is -2.19. The van der Waals surface area contributed by atoms with E-state index in [0.717, 1.165) is 5.56 Å². The molecule has 1 atom stereocenters. The molecule has 0 aliphatic carbocycles. The minimum Gasteiger partial charge on any atom is -0.459 e. The fourth-order valence-electron chi connectivity index (χ4n) is 3.33. The number of nitrogens with zero attached hydrogens (tertiary/aromatic N) is 2. The number of hydrogen-bond donors (Lipinski definition) is 3. The first-order valence-electron chi connectivity index (χ1n) is 10.1. The maximum atomic E-state index is 12.6. The molecule has 3 rings (SSSR count). The van der Waals surface area contributed by atoms with Crippen molar-refractivity contribution in [1.29, 1.82) is 0 Å². The monoisotopic (exact) mass is 437 g/mol. The van der Waals surface area contributed by atoms with E-state index in [1.807, 2.05) is 19.1 Å². The van der Waals surface area contributed by atoms with Crippen LogP contribution in [0.2, 0.25) is 0 Å². The zero-order valence-corrected chi connectivity index (χ0v) is 17.2. The van der Waals surface area contributed by atoms with Gasteiger partial charge in [0.1, 0.15) is 0 Å². The SMILES string of the molecule is CCNC(=NCc1ccc(NC(=O)c2ccco2)cc1)NC1CCN(CC(F)(F)F)C1. The van der Waals surface area contributed by atoms with Gasteiger partial charge in [-0.25, -0.2) is 4.99 Å². The highest BCUT2D eigenvalue weighted by Gasteiger charge is 2.34. The molecule has 2 aromatic rings. The molecular weight excluding hydrogens is 411 g/mol. The highest BCUT2D eigenvalue weighted by Crippen LogP contribution is 2.20. The van der Waals surface area contributed by atoms with Gasteiger partial charge in [-0.3, -0.25) is 9.69 Å². The van der Waals surface area contributed by atoms with E-state index in [1.165, 1.54) is 11.2 Å². The molecule has 10 heteroatoms.